The number of hydrogen-bond donors (Lipinski definition) is 1. The Kier molecular flexibility index (Phi) is 4.21. The van der Waals surface area contributed by atoms with Gasteiger partial charge in [-0.2, -0.15) is 0 Å². The first-order valence-electron chi connectivity index (χ1n) is 7.50. The van der Waals surface area contributed by atoms with Crippen LogP contribution in [0.5, 0.6) is 0 Å². The first-order chi connectivity index (χ1) is 10.0. The molecule has 1 aliphatic carbocycles. The molecule has 0 bridgehead atoms. The predicted octanol–water partition coefficient (Wildman–Crippen LogP) is 4.23. The zero-order chi connectivity index (χ0) is 15.0. The molecule has 1 spiro atoms. The molecule has 2 aliphatic rings. The van der Waals surface area contributed by atoms with E-state index in [1.165, 1.54) is 12.5 Å². The Balaban J connectivity index is 1.86. The van der Waals surface area contributed by atoms with Gasteiger partial charge in [-0.3, -0.25) is 0 Å². The van der Waals surface area contributed by atoms with Crippen molar-refractivity contribution in [3.63, 3.8) is 0 Å². The van der Waals surface area contributed by atoms with Crippen LogP contribution in [0.25, 0.3) is 0 Å². The van der Waals surface area contributed by atoms with Gasteiger partial charge in [0, 0.05) is 18.2 Å². The van der Waals surface area contributed by atoms with Crippen molar-refractivity contribution in [3.05, 3.63) is 34.4 Å². The average Bonchev–Trinajstić information content (AvgIpc) is 2.44. The molecule has 1 heterocycles. The van der Waals surface area contributed by atoms with Crippen molar-refractivity contribution < 1.29 is 13.5 Å². The van der Waals surface area contributed by atoms with E-state index in [1.54, 1.807) is 7.05 Å². The van der Waals surface area contributed by atoms with Gasteiger partial charge < -0.3 is 10.1 Å². The predicted molar refractivity (Wildman–Crippen MR) is 78.4 cm³/mol. The lowest BCUT2D eigenvalue weighted by atomic mass is 9.69. The minimum absolute atomic E-state index is 0.0144. The zero-order valence-electron chi connectivity index (χ0n) is 12.1. The van der Waals surface area contributed by atoms with E-state index in [0.717, 1.165) is 31.7 Å². The molecule has 116 valence electrons. The Morgan fingerprint density at radius 3 is 2.71 bits per heavy atom. The van der Waals surface area contributed by atoms with Gasteiger partial charge in [0.2, 0.25) is 0 Å². The molecule has 2 atom stereocenters. The molecule has 2 nitrogen and oxygen atoms in total. The van der Waals surface area contributed by atoms with Crippen molar-refractivity contribution >= 4 is 11.6 Å². The van der Waals surface area contributed by atoms with Gasteiger partial charge in [-0.1, -0.05) is 11.6 Å². The van der Waals surface area contributed by atoms with Crippen molar-refractivity contribution in [1.29, 1.82) is 0 Å². The van der Waals surface area contributed by atoms with Gasteiger partial charge in [-0.15, -0.1) is 0 Å². The molecule has 3 rings (SSSR count). The van der Waals surface area contributed by atoms with Crippen LogP contribution >= 0.6 is 11.6 Å². The third-order valence-corrected chi connectivity index (χ3v) is 5.24. The molecule has 21 heavy (non-hydrogen) atoms. The number of nitrogens with one attached hydrogen (secondary N) is 1. The smallest absolute Gasteiger partial charge is 0.142 e. The topological polar surface area (TPSA) is 21.3 Å². The Labute approximate surface area is 128 Å². The highest BCUT2D eigenvalue weighted by atomic mass is 35.5. The van der Waals surface area contributed by atoms with Crippen LogP contribution in [0.1, 0.15) is 43.7 Å². The maximum atomic E-state index is 14.2. The molecule has 0 amide bonds. The minimum Gasteiger partial charge on any atom is -0.375 e. The standard InChI is InChI=1S/C16H20ClF2NO/c1-20-15(11-7-14(19)12(17)8-13(11)18)10-3-6-21-16(9-10)4-2-5-16/h7-8,10,15,20H,2-6,9H2,1H3. The molecular weight excluding hydrogens is 296 g/mol. The summed E-state index contributed by atoms with van der Waals surface area (Å²) < 4.78 is 33.8. The highest BCUT2D eigenvalue weighted by molar-refractivity contribution is 6.30. The molecular formula is C16H20ClF2NO. The monoisotopic (exact) mass is 315 g/mol. The summed E-state index contributed by atoms with van der Waals surface area (Å²) in [5.74, 6) is -0.771. The number of hydrogen-bond acceptors (Lipinski definition) is 2. The van der Waals surface area contributed by atoms with Crippen molar-refractivity contribution in [2.45, 2.75) is 43.7 Å². The second-order valence-electron chi connectivity index (χ2n) is 6.19. The molecule has 1 N–H and O–H groups in total. The Bertz CT molecular complexity index is 533. The summed E-state index contributed by atoms with van der Waals surface area (Å²) in [6, 6.07) is 2.08. The Morgan fingerprint density at radius 2 is 2.10 bits per heavy atom. The SMILES string of the molecule is CNC(c1cc(F)c(Cl)cc1F)C1CCOC2(CCC2)C1. The third kappa shape index (κ3) is 2.81. The molecule has 1 aromatic carbocycles. The summed E-state index contributed by atoms with van der Waals surface area (Å²) in [7, 11) is 1.79. The van der Waals surface area contributed by atoms with Crippen molar-refractivity contribution in [1.82, 2.24) is 5.32 Å². The van der Waals surface area contributed by atoms with E-state index in [9.17, 15) is 8.78 Å². The fraction of sp³-hybridized carbons (Fsp3) is 0.625. The fourth-order valence-electron chi connectivity index (χ4n) is 3.69. The fourth-order valence-corrected chi connectivity index (χ4v) is 3.84. The molecule has 1 saturated carbocycles. The van der Waals surface area contributed by atoms with E-state index in [-0.39, 0.29) is 22.6 Å². The summed E-state index contributed by atoms with van der Waals surface area (Å²) in [6.45, 7) is 0.695. The number of benzene rings is 1. The van der Waals surface area contributed by atoms with Crippen LogP contribution < -0.4 is 5.32 Å². The van der Waals surface area contributed by atoms with Crippen molar-refractivity contribution in [2.75, 3.05) is 13.7 Å². The molecule has 1 aromatic rings. The molecule has 0 radical (unpaired) electrons. The Morgan fingerprint density at radius 1 is 1.33 bits per heavy atom. The van der Waals surface area contributed by atoms with E-state index in [0.29, 0.717) is 12.2 Å². The summed E-state index contributed by atoms with van der Waals surface area (Å²) in [5.41, 5.74) is 0.347. The lowest BCUT2D eigenvalue weighted by Gasteiger charge is -2.48. The molecule has 2 fully saturated rings. The largest absolute Gasteiger partial charge is 0.375 e. The lowest BCUT2D eigenvalue weighted by molar-refractivity contribution is -0.147. The summed E-state index contributed by atoms with van der Waals surface area (Å²) in [4.78, 5) is 0. The molecule has 1 saturated heterocycles. The maximum Gasteiger partial charge on any atom is 0.142 e. The highest BCUT2D eigenvalue weighted by Crippen LogP contribution is 2.47. The maximum absolute atomic E-state index is 14.2. The first-order valence-corrected chi connectivity index (χ1v) is 7.88. The van der Waals surface area contributed by atoms with Crippen LogP contribution in [0.3, 0.4) is 0 Å². The second kappa shape index (κ2) is 5.82. The van der Waals surface area contributed by atoms with Gasteiger partial charge in [0.1, 0.15) is 11.6 Å². The van der Waals surface area contributed by atoms with E-state index >= 15 is 0 Å². The van der Waals surface area contributed by atoms with Gasteiger partial charge in [-0.25, -0.2) is 8.78 Å². The quantitative estimate of drug-likeness (QED) is 0.843. The molecule has 0 aromatic heterocycles. The van der Waals surface area contributed by atoms with Gasteiger partial charge in [0.05, 0.1) is 10.6 Å². The van der Waals surface area contributed by atoms with Crippen LogP contribution in [-0.2, 0) is 4.74 Å². The zero-order valence-corrected chi connectivity index (χ0v) is 12.9. The lowest BCUT2D eigenvalue weighted by Crippen LogP contribution is -2.47. The summed E-state index contributed by atoms with van der Waals surface area (Å²) in [5, 5.41) is 2.98. The third-order valence-electron chi connectivity index (χ3n) is 4.95. The van der Waals surface area contributed by atoms with Crippen LogP contribution in [0.4, 0.5) is 8.78 Å². The van der Waals surface area contributed by atoms with Gasteiger partial charge >= 0.3 is 0 Å². The normalized spacial score (nSPS) is 25.6. The minimum atomic E-state index is -0.571. The van der Waals surface area contributed by atoms with Crippen molar-refractivity contribution in [2.24, 2.45) is 5.92 Å². The number of halogens is 3. The molecule has 5 heteroatoms. The number of rotatable bonds is 3. The van der Waals surface area contributed by atoms with Crippen LogP contribution in [0.15, 0.2) is 12.1 Å². The highest BCUT2D eigenvalue weighted by Gasteiger charge is 2.44. The van der Waals surface area contributed by atoms with E-state index in [1.807, 2.05) is 0 Å². The molecule has 2 unspecified atom stereocenters. The summed E-state index contributed by atoms with van der Waals surface area (Å²) in [6.07, 6.45) is 5.12. The Hall–Kier alpha value is -0.710. The second-order valence-corrected chi connectivity index (χ2v) is 6.60. The van der Waals surface area contributed by atoms with E-state index in [4.69, 9.17) is 16.3 Å². The average molecular weight is 316 g/mol. The van der Waals surface area contributed by atoms with Crippen LogP contribution in [-0.4, -0.2) is 19.3 Å². The first kappa shape index (κ1) is 15.2. The van der Waals surface area contributed by atoms with Gasteiger partial charge in [0.15, 0.2) is 0 Å². The van der Waals surface area contributed by atoms with E-state index < -0.39 is 11.6 Å². The van der Waals surface area contributed by atoms with Gasteiger partial charge in [0.25, 0.3) is 0 Å². The molecule has 1 aliphatic heterocycles. The number of ether oxygens (including phenoxy) is 1. The van der Waals surface area contributed by atoms with Gasteiger partial charge in [-0.05, 0) is 57.2 Å². The van der Waals surface area contributed by atoms with Crippen molar-refractivity contribution in [3.8, 4) is 0 Å². The van der Waals surface area contributed by atoms with Crippen LogP contribution in [0, 0.1) is 17.6 Å². The van der Waals surface area contributed by atoms with Crippen LogP contribution in [0.2, 0.25) is 5.02 Å². The van der Waals surface area contributed by atoms with E-state index in [2.05, 4.69) is 5.32 Å². The summed E-state index contributed by atoms with van der Waals surface area (Å²) >= 11 is 5.64.